The monoisotopic (exact) mass is 560 g/mol. The van der Waals surface area contributed by atoms with E-state index in [0.717, 1.165) is 11.8 Å². The number of amides is 1. The van der Waals surface area contributed by atoms with Crippen LogP contribution in [0.2, 0.25) is 10.0 Å². The van der Waals surface area contributed by atoms with Crippen molar-refractivity contribution in [3.63, 3.8) is 0 Å². The number of rotatable bonds is 8. The van der Waals surface area contributed by atoms with Crippen molar-refractivity contribution in [2.45, 2.75) is 13.5 Å². The minimum absolute atomic E-state index is 0.00289. The molecule has 3 aromatic carbocycles. The topological polar surface area (TPSA) is 81.9 Å². The number of anilines is 1. The molecular weight excluding hydrogens is 543 g/mol. The number of nitrogens with zero attached hydrogens (tertiary/aromatic N) is 2. The summed E-state index contributed by atoms with van der Waals surface area (Å²) in [6.45, 7) is 2.21. The summed E-state index contributed by atoms with van der Waals surface area (Å²) in [5.74, 6) is 0.567. The second-order valence-corrected chi connectivity index (χ2v) is 9.95. The Hall–Kier alpha value is -3.11. The van der Waals surface area contributed by atoms with E-state index >= 15 is 0 Å². The van der Waals surface area contributed by atoms with E-state index in [0.29, 0.717) is 54.2 Å². The van der Waals surface area contributed by atoms with Crippen LogP contribution in [0.1, 0.15) is 18.1 Å². The first-order chi connectivity index (χ1) is 17.3. The third kappa shape index (κ3) is 5.65. The number of halogens is 2. The van der Waals surface area contributed by atoms with E-state index in [1.54, 1.807) is 60.7 Å². The van der Waals surface area contributed by atoms with Crippen LogP contribution in [-0.2, 0) is 11.4 Å². The molecule has 36 heavy (non-hydrogen) atoms. The molecule has 1 fully saturated rings. The Labute approximate surface area is 226 Å². The Bertz CT molecular complexity index is 1400. The lowest BCUT2D eigenvalue weighted by atomic mass is 10.1. The predicted octanol–water partition coefficient (Wildman–Crippen LogP) is 7.29. The average Bonchev–Trinajstić information content (AvgIpc) is 3.11. The lowest BCUT2D eigenvalue weighted by Gasteiger charge is -2.16. The molecule has 0 aromatic heterocycles. The molecule has 0 radical (unpaired) electrons. The van der Waals surface area contributed by atoms with Crippen LogP contribution < -0.4 is 14.4 Å². The highest BCUT2D eigenvalue weighted by Gasteiger charge is 2.34. The van der Waals surface area contributed by atoms with Gasteiger partial charge in [-0.1, -0.05) is 65.4 Å². The fourth-order valence-corrected chi connectivity index (χ4v) is 5.24. The molecule has 4 rings (SSSR count). The molecule has 1 aliphatic rings. The highest BCUT2D eigenvalue weighted by atomic mass is 35.5. The molecule has 1 saturated heterocycles. The van der Waals surface area contributed by atoms with Crippen LogP contribution >= 0.6 is 47.2 Å². The number of benzene rings is 3. The van der Waals surface area contributed by atoms with E-state index in [4.69, 9.17) is 44.9 Å². The maximum absolute atomic E-state index is 13.1. The number of hydrogen-bond donors (Lipinski definition) is 0. The zero-order chi connectivity index (χ0) is 25.8. The van der Waals surface area contributed by atoms with Crippen LogP contribution in [0.25, 0.3) is 6.08 Å². The number of carbonyl (C=O) groups excluding carboxylic acids is 1. The van der Waals surface area contributed by atoms with Crippen LogP contribution in [0.5, 0.6) is 11.5 Å². The van der Waals surface area contributed by atoms with Gasteiger partial charge in [0, 0.05) is 11.1 Å². The van der Waals surface area contributed by atoms with Crippen molar-refractivity contribution < 1.29 is 19.2 Å². The molecule has 0 N–H and O–H groups in total. The first-order valence-corrected chi connectivity index (χ1v) is 12.6. The molecule has 11 heteroatoms. The van der Waals surface area contributed by atoms with E-state index in [-0.39, 0.29) is 18.2 Å². The summed E-state index contributed by atoms with van der Waals surface area (Å²) in [6, 6.07) is 16.4. The second kappa shape index (κ2) is 11.3. The van der Waals surface area contributed by atoms with Gasteiger partial charge in [-0.25, -0.2) is 0 Å². The number of thioether (sulfide) groups is 1. The van der Waals surface area contributed by atoms with Crippen molar-refractivity contribution in [2.24, 2.45) is 0 Å². The highest BCUT2D eigenvalue weighted by molar-refractivity contribution is 8.27. The van der Waals surface area contributed by atoms with Crippen molar-refractivity contribution in [2.75, 3.05) is 11.5 Å². The molecule has 0 aliphatic carbocycles. The van der Waals surface area contributed by atoms with Crippen molar-refractivity contribution in [3.05, 3.63) is 96.9 Å². The molecule has 0 bridgehead atoms. The minimum Gasteiger partial charge on any atom is -0.490 e. The Kier molecular flexibility index (Phi) is 8.15. The zero-order valence-electron chi connectivity index (χ0n) is 18.8. The number of carbonyl (C=O) groups is 1. The summed E-state index contributed by atoms with van der Waals surface area (Å²) < 4.78 is 11.9. The van der Waals surface area contributed by atoms with Gasteiger partial charge < -0.3 is 9.47 Å². The van der Waals surface area contributed by atoms with Gasteiger partial charge in [0.15, 0.2) is 15.8 Å². The quantitative estimate of drug-likeness (QED) is 0.124. The van der Waals surface area contributed by atoms with Gasteiger partial charge >= 0.3 is 0 Å². The van der Waals surface area contributed by atoms with Gasteiger partial charge in [-0.3, -0.25) is 19.8 Å². The highest BCUT2D eigenvalue weighted by Crippen LogP contribution is 2.40. The van der Waals surface area contributed by atoms with Gasteiger partial charge in [0.2, 0.25) is 0 Å². The average molecular weight is 561 g/mol. The molecular formula is C25H18Cl2N2O5S2. The zero-order valence-corrected chi connectivity index (χ0v) is 21.9. The van der Waals surface area contributed by atoms with E-state index in [1.165, 1.54) is 11.0 Å². The molecule has 0 spiro atoms. The Morgan fingerprint density at radius 3 is 2.58 bits per heavy atom. The largest absolute Gasteiger partial charge is 0.490 e. The van der Waals surface area contributed by atoms with Gasteiger partial charge in [-0.2, -0.15) is 0 Å². The summed E-state index contributed by atoms with van der Waals surface area (Å²) >= 11 is 18.8. The Balaban J connectivity index is 1.57. The molecule has 0 unspecified atom stereocenters. The summed E-state index contributed by atoms with van der Waals surface area (Å²) in [5, 5.41) is 12.0. The maximum Gasteiger partial charge on any atom is 0.276 e. The van der Waals surface area contributed by atoms with E-state index in [9.17, 15) is 14.9 Å². The summed E-state index contributed by atoms with van der Waals surface area (Å²) in [6.07, 6.45) is 1.71. The van der Waals surface area contributed by atoms with Crippen LogP contribution in [0.4, 0.5) is 11.4 Å². The number of thiocarbonyl (C=S) groups is 1. The van der Waals surface area contributed by atoms with Crippen LogP contribution in [0.15, 0.2) is 65.6 Å². The third-order valence-corrected chi connectivity index (χ3v) is 6.92. The van der Waals surface area contributed by atoms with Crippen molar-refractivity contribution in [3.8, 4) is 11.5 Å². The van der Waals surface area contributed by atoms with Gasteiger partial charge in [-0.15, -0.1) is 0 Å². The first kappa shape index (κ1) is 26.0. The fraction of sp³-hybridized carbons (Fsp3) is 0.120. The second-order valence-electron chi connectivity index (χ2n) is 7.43. The van der Waals surface area contributed by atoms with Crippen LogP contribution in [-0.4, -0.2) is 21.8 Å². The number of para-hydroxylation sites is 1. The van der Waals surface area contributed by atoms with Crippen LogP contribution in [0, 0.1) is 10.1 Å². The van der Waals surface area contributed by atoms with Crippen molar-refractivity contribution in [1.82, 2.24) is 0 Å². The van der Waals surface area contributed by atoms with Crippen LogP contribution in [0.3, 0.4) is 0 Å². The molecule has 184 valence electrons. The van der Waals surface area contributed by atoms with Crippen molar-refractivity contribution >= 4 is 74.9 Å². The number of hydrogen-bond acceptors (Lipinski definition) is 7. The van der Waals surface area contributed by atoms with E-state index < -0.39 is 4.92 Å². The molecule has 1 aliphatic heterocycles. The normalized spacial score (nSPS) is 14.4. The third-order valence-electron chi connectivity index (χ3n) is 5.08. The fourth-order valence-electron chi connectivity index (χ4n) is 3.46. The molecule has 7 nitrogen and oxygen atoms in total. The lowest BCUT2D eigenvalue weighted by molar-refractivity contribution is -0.385. The number of nitro groups is 1. The van der Waals surface area contributed by atoms with Gasteiger partial charge in [0.25, 0.3) is 11.6 Å². The maximum atomic E-state index is 13.1. The number of nitro benzene ring substituents is 1. The minimum atomic E-state index is -0.446. The Morgan fingerprint density at radius 2 is 1.86 bits per heavy atom. The Morgan fingerprint density at radius 1 is 1.08 bits per heavy atom. The molecule has 1 amide bonds. The molecule has 0 atom stereocenters. The smallest absolute Gasteiger partial charge is 0.276 e. The molecule has 0 saturated carbocycles. The molecule has 3 aromatic rings. The predicted molar refractivity (Wildman–Crippen MR) is 147 cm³/mol. The van der Waals surface area contributed by atoms with E-state index in [1.807, 2.05) is 6.92 Å². The molecule has 1 heterocycles. The van der Waals surface area contributed by atoms with Gasteiger partial charge in [0.05, 0.1) is 32.7 Å². The summed E-state index contributed by atoms with van der Waals surface area (Å²) in [4.78, 5) is 25.7. The van der Waals surface area contributed by atoms with Gasteiger partial charge in [0.1, 0.15) is 6.61 Å². The number of ether oxygens (including phenoxy) is 2. The first-order valence-electron chi connectivity index (χ1n) is 10.6. The summed E-state index contributed by atoms with van der Waals surface area (Å²) in [7, 11) is 0. The van der Waals surface area contributed by atoms with Gasteiger partial charge in [-0.05, 0) is 55.0 Å². The van der Waals surface area contributed by atoms with Crippen molar-refractivity contribution in [1.29, 1.82) is 0 Å². The van der Waals surface area contributed by atoms with E-state index in [2.05, 4.69) is 0 Å². The summed E-state index contributed by atoms with van der Waals surface area (Å²) in [5.41, 5.74) is 1.58. The SMILES string of the molecule is CCOc1cc(/C=C2\SC(=S)N(c3ccc(Cl)cc3Cl)C2=O)ccc1OCc1ccccc1[N+](=O)[O-]. The lowest BCUT2D eigenvalue weighted by Crippen LogP contribution is -2.27. The standard InChI is InChI=1S/C25H18Cl2N2O5S2/c1-2-33-22-11-15(7-10-21(22)34-14-16-5-3-4-6-19(16)29(31)32)12-23-24(30)28(25(35)36-23)20-9-8-17(26)13-18(20)27/h3-13H,2,14H2,1H3/b23-12-.